The number of benzene rings is 1. The van der Waals surface area contributed by atoms with Crippen LogP contribution in [-0.4, -0.2) is 25.7 Å². The number of aryl methyl sites for hydroxylation is 1. The van der Waals surface area contributed by atoms with E-state index >= 15 is 0 Å². The second-order valence-corrected chi connectivity index (χ2v) is 8.47. The van der Waals surface area contributed by atoms with Crippen LogP contribution in [0.3, 0.4) is 0 Å². The van der Waals surface area contributed by atoms with Crippen molar-refractivity contribution in [2.75, 3.05) is 0 Å². The van der Waals surface area contributed by atoms with E-state index in [1.807, 2.05) is 32.6 Å². The first-order valence-corrected chi connectivity index (χ1v) is 10.1. The van der Waals surface area contributed by atoms with Gasteiger partial charge in [0.15, 0.2) is 0 Å². The summed E-state index contributed by atoms with van der Waals surface area (Å²) in [7, 11) is -3.79. The fourth-order valence-electron chi connectivity index (χ4n) is 2.69. The SMILES string of the molecule is Cc1ccc(S(=O)(=O)N[C@H]([C]2[CH][CH][CH][C]2Br)[C@@H](O)[C]2[CH][CH][CH][CH]2)cc1. The van der Waals surface area contributed by atoms with Crippen LogP contribution in [0.4, 0.5) is 0 Å². The highest BCUT2D eigenvalue weighted by Gasteiger charge is 2.43. The Morgan fingerprint density at radius 2 is 1.64 bits per heavy atom. The van der Waals surface area contributed by atoms with Gasteiger partial charge in [0.05, 0.1) is 21.9 Å². The average molecular weight is 420 g/mol. The van der Waals surface area contributed by atoms with E-state index in [1.54, 1.807) is 43.5 Å². The third kappa shape index (κ3) is 4.46. The normalized spacial score (nSPS) is 23.2. The van der Waals surface area contributed by atoms with E-state index in [2.05, 4.69) is 20.7 Å². The van der Waals surface area contributed by atoms with Gasteiger partial charge in [-0.15, -0.1) is 0 Å². The molecule has 2 aliphatic carbocycles. The molecule has 0 amide bonds. The van der Waals surface area contributed by atoms with Gasteiger partial charge in [-0.3, -0.25) is 0 Å². The third-order valence-electron chi connectivity index (χ3n) is 4.09. The molecule has 0 aromatic heterocycles. The molecule has 4 nitrogen and oxygen atoms in total. The van der Waals surface area contributed by atoms with Gasteiger partial charge in [0, 0.05) is 11.8 Å². The number of rotatable bonds is 6. The number of halogens is 1. The molecule has 0 spiro atoms. The number of sulfonamides is 1. The molecule has 0 bridgehead atoms. The summed E-state index contributed by atoms with van der Waals surface area (Å²) in [6.45, 7) is 1.90. The van der Waals surface area contributed by atoms with Gasteiger partial charge in [0.2, 0.25) is 10.0 Å². The zero-order valence-electron chi connectivity index (χ0n) is 13.6. The Balaban J connectivity index is 1.84. The molecule has 0 saturated heterocycles. The summed E-state index contributed by atoms with van der Waals surface area (Å²) in [4.78, 5) is 0.912. The van der Waals surface area contributed by atoms with E-state index in [-0.39, 0.29) is 4.90 Å². The summed E-state index contributed by atoms with van der Waals surface area (Å²) < 4.78 is 28.2. The van der Waals surface area contributed by atoms with Crippen LogP contribution in [0, 0.1) is 68.5 Å². The molecule has 0 unspecified atom stereocenters. The second kappa shape index (κ2) is 8.07. The minimum absolute atomic E-state index is 0.167. The Kier molecular flexibility index (Phi) is 6.24. The Morgan fingerprint density at radius 3 is 2.20 bits per heavy atom. The maximum Gasteiger partial charge on any atom is 0.240 e. The van der Waals surface area contributed by atoms with Crippen LogP contribution in [0.15, 0.2) is 29.2 Å². The van der Waals surface area contributed by atoms with Crippen molar-refractivity contribution in [1.82, 2.24) is 4.72 Å². The van der Waals surface area contributed by atoms with E-state index in [0.717, 1.165) is 10.4 Å². The van der Waals surface area contributed by atoms with Gasteiger partial charge >= 0.3 is 0 Å². The van der Waals surface area contributed by atoms with Crippen LogP contribution < -0.4 is 4.72 Å². The van der Waals surface area contributed by atoms with E-state index in [4.69, 9.17) is 0 Å². The van der Waals surface area contributed by atoms with Crippen LogP contribution in [0.5, 0.6) is 0 Å². The summed E-state index contributed by atoms with van der Waals surface area (Å²) in [5.74, 6) is 1.34. The zero-order valence-corrected chi connectivity index (χ0v) is 16.0. The van der Waals surface area contributed by atoms with Crippen LogP contribution in [0.2, 0.25) is 0 Å². The lowest BCUT2D eigenvalue weighted by molar-refractivity contribution is 0.165. The first kappa shape index (κ1) is 19.3. The lowest BCUT2D eigenvalue weighted by Gasteiger charge is -2.32. The van der Waals surface area contributed by atoms with Crippen LogP contribution in [0.25, 0.3) is 0 Å². The average Bonchev–Trinajstić information content (AvgIpc) is 3.24. The molecule has 130 valence electrons. The van der Waals surface area contributed by atoms with Crippen molar-refractivity contribution in [3.63, 3.8) is 0 Å². The molecule has 2 fully saturated rings. The Hall–Kier alpha value is -0.430. The summed E-state index contributed by atoms with van der Waals surface area (Å²) in [5, 5.41) is 10.8. The predicted molar refractivity (Wildman–Crippen MR) is 100 cm³/mol. The van der Waals surface area contributed by atoms with Crippen molar-refractivity contribution in [3.05, 3.63) is 91.4 Å². The fourth-order valence-corrected chi connectivity index (χ4v) is 4.45. The minimum Gasteiger partial charge on any atom is -0.391 e. The van der Waals surface area contributed by atoms with Crippen molar-refractivity contribution in [3.8, 4) is 0 Å². The summed E-state index contributed by atoms with van der Waals surface area (Å²) in [5.41, 5.74) is 0.978. The van der Waals surface area contributed by atoms with Gasteiger partial charge < -0.3 is 5.11 Å². The van der Waals surface area contributed by atoms with Gasteiger partial charge in [0.25, 0.3) is 0 Å². The Morgan fingerprint density at radius 1 is 1.00 bits per heavy atom. The van der Waals surface area contributed by atoms with E-state index in [0.29, 0.717) is 11.8 Å². The first-order valence-electron chi connectivity index (χ1n) is 7.78. The monoisotopic (exact) mass is 419 g/mol. The van der Waals surface area contributed by atoms with Gasteiger partial charge in [-0.1, -0.05) is 33.6 Å². The molecule has 6 heteroatoms. The molecule has 1 aromatic carbocycles. The maximum absolute atomic E-state index is 12.8. The highest BCUT2D eigenvalue weighted by Crippen LogP contribution is 2.43. The molecule has 25 heavy (non-hydrogen) atoms. The lowest BCUT2D eigenvalue weighted by Crippen LogP contribution is -2.49. The fraction of sp³-hybridized carbons (Fsp3) is 0.158. The number of aliphatic hydroxyl groups is 1. The first-order chi connectivity index (χ1) is 11.9. The topological polar surface area (TPSA) is 66.4 Å². The summed E-state index contributed by atoms with van der Waals surface area (Å²) in [6, 6.07) is 5.80. The molecule has 2 aliphatic rings. The smallest absolute Gasteiger partial charge is 0.240 e. The second-order valence-electron chi connectivity index (χ2n) is 5.90. The van der Waals surface area contributed by atoms with Crippen LogP contribution >= 0.6 is 15.9 Å². The Bertz CT molecular complexity index is 670. The molecule has 2 N–H and O–H groups in total. The van der Waals surface area contributed by atoms with Crippen molar-refractivity contribution < 1.29 is 13.5 Å². The van der Waals surface area contributed by atoms with Crippen molar-refractivity contribution in [1.29, 1.82) is 0 Å². The number of hydrogen-bond acceptors (Lipinski definition) is 3. The number of aliphatic hydroxyl groups excluding tert-OH is 1. The predicted octanol–water partition coefficient (Wildman–Crippen LogP) is 2.54. The number of hydrogen-bond donors (Lipinski definition) is 2. The summed E-state index contributed by atoms with van der Waals surface area (Å²) >= 11 is 3.43. The quantitative estimate of drug-likeness (QED) is 0.744. The van der Waals surface area contributed by atoms with Gasteiger partial charge in [-0.2, -0.15) is 0 Å². The van der Waals surface area contributed by atoms with Gasteiger partial charge in [-0.05, 0) is 64.0 Å². The van der Waals surface area contributed by atoms with E-state index < -0.39 is 22.2 Å². The van der Waals surface area contributed by atoms with Crippen LogP contribution in [0.1, 0.15) is 5.56 Å². The molecular weight excluding hydrogens is 402 g/mol. The van der Waals surface area contributed by atoms with Crippen molar-refractivity contribution >= 4 is 26.0 Å². The molecular formula is C19H18BrNO3S. The highest BCUT2D eigenvalue weighted by atomic mass is 79.9. The summed E-state index contributed by atoms with van der Waals surface area (Å²) in [6.07, 6.45) is 11.6. The molecule has 2 saturated carbocycles. The Labute approximate surface area is 159 Å². The largest absolute Gasteiger partial charge is 0.391 e. The molecule has 2 atom stereocenters. The van der Waals surface area contributed by atoms with Crippen molar-refractivity contribution in [2.45, 2.75) is 24.0 Å². The zero-order chi connectivity index (χ0) is 18.0. The van der Waals surface area contributed by atoms with Crippen LogP contribution in [-0.2, 0) is 10.0 Å². The highest BCUT2D eigenvalue weighted by molar-refractivity contribution is 9.11. The molecule has 0 aliphatic heterocycles. The van der Waals surface area contributed by atoms with E-state index in [9.17, 15) is 13.5 Å². The van der Waals surface area contributed by atoms with Gasteiger partial charge in [0.1, 0.15) is 0 Å². The maximum atomic E-state index is 12.8. The van der Waals surface area contributed by atoms with E-state index in [1.165, 1.54) is 0 Å². The number of nitrogens with one attached hydrogen (secondary N) is 1. The lowest BCUT2D eigenvalue weighted by atomic mass is 9.86. The minimum atomic E-state index is -3.79. The molecule has 0 heterocycles. The molecule has 1 aromatic rings. The molecule has 3 rings (SSSR count). The van der Waals surface area contributed by atoms with Crippen molar-refractivity contribution in [2.24, 2.45) is 0 Å². The standard InChI is InChI=1S/C19H18BrNO3S/c1-13-9-11-15(12-10-13)25(23,24)21-18(16-7-4-8-17(16)20)19(22)14-5-2-3-6-14/h2-12,18-19,21-22H,1H3/t18-,19+/m1/s1. The van der Waals surface area contributed by atoms with Gasteiger partial charge in [-0.25, -0.2) is 13.1 Å². The third-order valence-corrected chi connectivity index (χ3v) is 6.27. The molecule has 10 radical (unpaired) electrons.